The Morgan fingerprint density at radius 2 is 1.90 bits per heavy atom. The van der Waals surface area contributed by atoms with Gasteiger partial charge in [-0.05, 0) is 31.0 Å². The van der Waals surface area contributed by atoms with Gasteiger partial charge in [-0.25, -0.2) is 13.6 Å². The predicted molar refractivity (Wildman–Crippen MR) is 73.5 cm³/mol. The van der Waals surface area contributed by atoms with Crippen molar-refractivity contribution in [3.05, 3.63) is 35.4 Å². The van der Waals surface area contributed by atoms with Gasteiger partial charge in [0, 0.05) is 5.56 Å². The number of carbonyl (C=O) groups excluding carboxylic acids is 2. The number of ether oxygens (including phenoxy) is 1. The quantitative estimate of drug-likeness (QED) is 0.819. The van der Waals surface area contributed by atoms with Gasteiger partial charge in [0.15, 0.2) is 0 Å². The van der Waals surface area contributed by atoms with E-state index in [0.29, 0.717) is 0 Å². The molecule has 21 heavy (non-hydrogen) atoms. The fraction of sp³-hybridized carbons (Fsp3) is 0.467. The van der Waals surface area contributed by atoms with Crippen LogP contribution in [-0.4, -0.2) is 24.5 Å². The Morgan fingerprint density at radius 1 is 1.24 bits per heavy atom. The molecule has 0 heterocycles. The summed E-state index contributed by atoms with van der Waals surface area (Å²) >= 11 is 0. The van der Waals surface area contributed by atoms with Crippen molar-refractivity contribution in [3.63, 3.8) is 0 Å². The average Bonchev–Trinajstić information content (AvgIpc) is 2.39. The van der Waals surface area contributed by atoms with Gasteiger partial charge in [0.05, 0.1) is 13.0 Å². The van der Waals surface area contributed by atoms with E-state index in [1.54, 1.807) is 0 Å². The maximum atomic E-state index is 13.4. The van der Waals surface area contributed by atoms with Gasteiger partial charge >= 0.3 is 5.97 Å². The zero-order valence-corrected chi connectivity index (χ0v) is 12.3. The molecule has 0 unspecified atom stereocenters. The Bertz CT molecular complexity index is 518. The van der Waals surface area contributed by atoms with Crippen molar-refractivity contribution in [3.8, 4) is 0 Å². The number of esters is 1. The molecule has 0 saturated heterocycles. The minimum atomic E-state index is -0.840. The molecule has 116 valence electrons. The molecule has 1 amide bonds. The number of carbonyl (C=O) groups is 2. The minimum Gasteiger partial charge on any atom is -0.464 e. The Morgan fingerprint density at radius 3 is 2.52 bits per heavy atom. The second kappa shape index (κ2) is 7.71. The second-order valence-corrected chi connectivity index (χ2v) is 5.23. The molecule has 1 N–H and O–H groups in total. The summed E-state index contributed by atoms with van der Waals surface area (Å²) in [4.78, 5) is 23.3. The van der Waals surface area contributed by atoms with Crippen LogP contribution in [0.25, 0.3) is 0 Å². The molecular formula is C15H19F2NO3. The number of rotatable bonds is 6. The summed E-state index contributed by atoms with van der Waals surface area (Å²) in [6.07, 6.45) is -0.342. The van der Waals surface area contributed by atoms with Crippen LogP contribution < -0.4 is 5.32 Å². The predicted octanol–water partition coefficient (Wildman–Crippen LogP) is 2.21. The van der Waals surface area contributed by atoms with E-state index in [-0.39, 0.29) is 24.5 Å². The lowest BCUT2D eigenvalue weighted by Crippen LogP contribution is -2.40. The molecule has 6 heteroatoms. The van der Waals surface area contributed by atoms with Crippen molar-refractivity contribution >= 4 is 11.9 Å². The first-order chi connectivity index (χ1) is 9.79. The SMILES string of the molecule is CC(C)COC(=O)[C@H](C)NC(=O)Cc1cc(F)ccc1F. The first kappa shape index (κ1) is 17.1. The van der Waals surface area contributed by atoms with Crippen molar-refractivity contribution < 1.29 is 23.1 Å². The molecule has 1 rings (SSSR count). The van der Waals surface area contributed by atoms with E-state index in [2.05, 4.69) is 5.32 Å². The molecule has 1 aromatic rings. The summed E-state index contributed by atoms with van der Waals surface area (Å²) in [5, 5.41) is 2.40. The summed E-state index contributed by atoms with van der Waals surface area (Å²) < 4.78 is 31.4. The Kier molecular flexibility index (Phi) is 6.27. The molecule has 0 aliphatic heterocycles. The normalized spacial score (nSPS) is 12.1. The lowest BCUT2D eigenvalue weighted by Gasteiger charge is -2.14. The molecule has 0 aromatic heterocycles. The minimum absolute atomic E-state index is 0.0600. The molecule has 4 nitrogen and oxygen atoms in total. The van der Waals surface area contributed by atoms with Gasteiger partial charge in [0.2, 0.25) is 5.91 Å². The number of halogens is 2. The van der Waals surface area contributed by atoms with Crippen LogP contribution in [0.2, 0.25) is 0 Å². The number of hydrogen-bond donors (Lipinski definition) is 1. The van der Waals surface area contributed by atoms with Crippen LogP contribution in [0.1, 0.15) is 26.3 Å². The highest BCUT2D eigenvalue weighted by molar-refractivity contribution is 5.85. The van der Waals surface area contributed by atoms with Crippen LogP contribution in [0.5, 0.6) is 0 Å². The highest BCUT2D eigenvalue weighted by Crippen LogP contribution is 2.10. The summed E-state index contributed by atoms with van der Waals surface area (Å²) in [6.45, 7) is 5.52. The maximum Gasteiger partial charge on any atom is 0.328 e. The van der Waals surface area contributed by atoms with Gasteiger partial charge in [-0.2, -0.15) is 0 Å². The molecule has 0 bridgehead atoms. The molecular weight excluding hydrogens is 280 g/mol. The van der Waals surface area contributed by atoms with E-state index in [1.807, 2.05) is 13.8 Å². The monoisotopic (exact) mass is 299 g/mol. The Balaban J connectivity index is 2.53. The lowest BCUT2D eigenvalue weighted by molar-refractivity contribution is -0.148. The number of benzene rings is 1. The summed E-state index contributed by atoms with van der Waals surface area (Å²) in [5.74, 6) is -2.23. The Labute approximate surface area is 122 Å². The van der Waals surface area contributed by atoms with Gasteiger partial charge in [0.1, 0.15) is 17.7 Å². The van der Waals surface area contributed by atoms with Crippen LogP contribution >= 0.6 is 0 Å². The average molecular weight is 299 g/mol. The van der Waals surface area contributed by atoms with Crippen molar-refractivity contribution in [2.24, 2.45) is 5.92 Å². The van der Waals surface area contributed by atoms with Crippen LogP contribution in [0.15, 0.2) is 18.2 Å². The number of nitrogens with one attached hydrogen (secondary N) is 1. The molecule has 0 fully saturated rings. The van der Waals surface area contributed by atoms with E-state index in [9.17, 15) is 18.4 Å². The largest absolute Gasteiger partial charge is 0.464 e. The molecule has 0 radical (unpaired) electrons. The third kappa shape index (κ3) is 5.89. The molecule has 0 saturated carbocycles. The fourth-order valence-electron chi connectivity index (χ4n) is 1.58. The smallest absolute Gasteiger partial charge is 0.328 e. The highest BCUT2D eigenvalue weighted by Gasteiger charge is 2.18. The van der Waals surface area contributed by atoms with Crippen molar-refractivity contribution in [1.29, 1.82) is 0 Å². The van der Waals surface area contributed by atoms with Crippen LogP contribution in [0.4, 0.5) is 8.78 Å². The van der Waals surface area contributed by atoms with Gasteiger partial charge in [-0.3, -0.25) is 4.79 Å². The molecule has 0 aliphatic carbocycles. The maximum absolute atomic E-state index is 13.4. The van der Waals surface area contributed by atoms with Gasteiger partial charge in [-0.1, -0.05) is 13.8 Å². The van der Waals surface area contributed by atoms with Gasteiger partial charge in [0.25, 0.3) is 0 Å². The van der Waals surface area contributed by atoms with Crippen LogP contribution in [0.3, 0.4) is 0 Å². The van der Waals surface area contributed by atoms with Crippen molar-refractivity contribution in [2.45, 2.75) is 33.2 Å². The van der Waals surface area contributed by atoms with Crippen LogP contribution in [0, 0.1) is 17.6 Å². The number of amides is 1. The highest BCUT2D eigenvalue weighted by atomic mass is 19.1. The fourth-order valence-corrected chi connectivity index (χ4v) is 1.58. The van der Waals surface area contributed by atoms with E-state index in [0.717, 1.165) is 18.2 Å². The number of hydrogen-bond acceptors (Lipinski definition) is 3. The van der Waals surface area contributed by atoms with E-state index in [4.69, 9.17) is 4.74 Å². The first-order valence-corrected chi connectivity index (χ1v) is 6.69. The molecule has 1 atom stereocenters. The first-order valence-electron chi connectivity index (χ1n) is 6.69. The Hall–Kier alpha value is -1.98. The summed E-state index contributed by atoms with van der Waals surface area (Å²) in [6, 6.07) is 2.05. The van der Waals surface area contributed by atoms with Crippen molar-refractivity contribution in [2.75, 3.05) is 6.61 Å². The molecule has 0 aliphatic rings. The zero-order chi connectivity index (χ0) is 16.0. The lowest BCUT2D eigenvalue weighted by atomic mass is 10.1. The summed E-state index contributed by atoms with van der Waals surface area (Å²) in [7, 11) is 0. The summed E-state index contributed by atoms with van der Waals surface area (Å²) in [5.41, 5.74) is -0.0600. The van der Waals surface area contributed by atoms with E-state index < -0.39 is 29.6 Å². The zero-order valence-electron chi connectivity index (χ0n) is 12.3. The van der Waals surface area contributed by atoms with Crippen LogP contribution in [-0.2, 0) is 20.7 Å². The van der Waals surface area contributed by atoms with Gasteiger partial charge < -0.3 is 10.1 Å². The molecule has 0 spiro atoms. The third-order valence-corrected chi connectivity index (χ3v) is 2.65. The second-order valence-electron chi connectivity index (χ2n) is 5.23. The molecule has 1 aromatic carbocycles. The van der Waals surface area contributed by atoms with Crippen molar-refractivity contribution in [1.82, 2.24) is 5.32 Å². The van der Waals surface area contributed by atoms with E-state index in [1.165, 1.54) is 6.92 Å². The topological polar surface area (TPSA) is 55.4 Å². The standard InChI is InChI=1S/C15H19F2NO3/c1-9(2)8-21-15(20)10(3)18-14(19)7-11-6-12(16)4-5-13(11)17/h4-6,9-10H,7-8H2,1-3H3,(H,18,19)/t10-/m0/s1. The van der Waals surface area contributed by atoms with E-state index >= 15 is 0 Å². The van der Waals surface area contributed by atoms with Gasteiger partial charge in [-0.15, -0.1) is 0 Å². The third-order valence-electron chi connectivity index (χ3n) is 2.65.